The third-order valence-corrected chi connectivity index (χ3v) is 2.48. The lowest BCUT2D eigenvalue weighted by Gasteiger charge is -2.05. The Morgan fingerprint density at radius 1 is 1.33 bits per heavy atom. The fourth-order valence-corrected chi connectivity index (χ4v) is 1.49. The molecule has 0 fully saturated rings. The minimum atomic E-state index is -1.31. The Labute approximate surface area is 91.8 Å². The molecule has 0 spiro atoms. The molecule has 0 atom stereocenters. The van der Waals surface area contributed by atoms with Gasteiger partial charge in [-0.05, 0) is 34.0 Å². The van der Waals surface area contributed by atoms with Crippen LogP contribution in [0.4, 0.5) is 13.2 Å². The summed E-state index contributed by atoms with van der Waals surface area (Å²) in [6, 6.07) is 0.665. The predicted molar refractivity (Wildman–Crippen MR) is 50.0 cm³/mol. The Balaban J connectivity index is 3.04. The number of carboxylic acids is 1. The van der Waals surface area contributed by atoms with Crippen molar-refractivity contribution in [3.05, 3.63) is 33.6 Å². The van der Waals surface area contributed by atoms with E-state index in [-0.39, 0.29) is 18.4 Å². The minimum absolute atomic E-state index is 0.164. The molecule has 1 rings (SSSR count). The molecule has 15 heavy (non-hydrogen) atoms. The SMILES string of the molecule is O=C(O)CCc1cc(F)c(F)c(Br)c1F. The van der Waals surface area contributed by atoms with Crippen LogP contribution in [-0.2, 0) is 11.2 Å². The Morgan fingerprint density at radius 3 is 2.47 bits per heavy atom. The van der Waals surface area contributed by atoms with E-state index in [2.05, 4.69) is 15.9 Å². The summed E-state index contributed by atoms with van der Waals surface area (Å²) < 4.78 is 38.3. The number of aryl methyl sites for hydroxylation is 1. The number of aliphatic carboxylic acids is 1. The molecule has 0 saturated heterocycles. The normalized spacial score (nSPS) is 10.4. The van der Waals surface area contributed by atoms with Gasteiger partial charge in [-0.15, -0.1) is 0 Å². The summed E-state index contributed by atoms with van der Waals surface area (Å²) >= 11 is 2.55. The van der Waals surface area contributed by atoms with Gasteiger partial charge in [-0.25, -0.2) is 13.2 Å². The van der Waals surface area contributed by atoms with E-state index in [1.54, 1.807) is 0 Å². The molecule has 1 N–H and O–H groups in total. The Morgan fingerprint density at radius 2 is 1.93 bits per heavy atom. The lowest BCUT2D eigenvalue weighted by Crippen LogP contribution is -2.02. The largest absolute Gasteiger partial charge is 0.481 e. The van der Waals surface area contributed by atoms with Crippen LogP contribution in [-0.4, -0.2) is 11.1 Å². The Bertz CT molecular complexity index is 407. The molecule has 0 saturated carbocycles. The van der Waals surface area contributed by atoms with E-state index >= 15 is 0 Å². The standard InChI is InChI=1S/C9H6BrF3O2/c10-7-8(12)4(1-2-6(14)15)3-5(11)9(7)13/h3H,1-2H2,(H,14,15). The molecule has 0 unspecified atom stereocenters. The van der Waals surface area contributed by atoms with Gasteiger partial charge in [-0.2, -0.15) is 0 Å². The second-order valence-electron chi connectivity index (χ2n) is 2.85. The van der Waals surface area contributed by atoms with Crippen LogP contribution in [0.3, 0.4) is 0 Å². The van der Waals surface area contributed by atoms with Crippen molar-refractivity contribution in [3.8, 4) is 0 Å². The molecule has 2 nitrogen and oxygen atoms in total. The van der Waals surface area contributed by atoms with Crippen LogP contribution < -0.4 is 0 Å². The average molecular weight is 283 g/mol. The Kier molecular flexibility index (Phi) is 3.73. The van der Waals surface area contributed by atoms with Crippen LogP contribution in [0.2, 0.25) is 0 Å². The maximum absolute atomic E-state index is 13.2. The quantitative estimate of drug-likeness (QED) is 0.684. The van der Waals surface area contributed by atoms with Gasteiger partial charge in [-0.3, -0.25) is 4.79 Å². The maximum Gasteiger partial charge on any atom is 0.303 e. The van der Waals surface area contributed by atoms with Gasteiger partial charge < -0.3 is 5.11 Å². The molecule has 1 aromatic rings. The zero-order valence-corrected chi connectivity index (χ0v) is 8.94. The van der Waals surface area contributed by atoms with E-state index in [0.717, 1.165) is 0 Å². The molecule has 0 aliphatic carbocycles. The van der Waals surface area contributed by atoms with E-state index < -0.39 is 27.9 Å². The molecule has 1 aromatic carbocycles. The molecule has 0 radical (unpaired) electrons. The van der Waals surface area contributed by atoms with Gasteiger partial charge in [0.05, 0.1) is 4.47 Å². The van der Waals surface area contributed by atoms with E-state index in [1.165, 1.54) is 0 Å². The van der Waals surface area contributed by atoms with Crippen molar-refractivity contribution in [2.75, 3.05) is 0 Å². The third-order valence-electron chi connectivity index (χ3n) is 1.79. The van der Waals surface area contributed by atoms with Crippen molar-refractivity contribution in [1.29, 1.82) is 0 Å². The third kappa shape index (κ3) is 2.71. The van der Waals surface area contributed by atoms with E-state index in [0.29, 0.717) is 6.07 Å². The second-order valence-corrected chi connectivity index (χ2v) is 3.65. The molecule has 0 amide bonds. The van der Waals surface area contributed by atoms with Crippen molar-refractivity contribution in [2.24, 2.45) is 0 Å². The second kappa shape index (κ2) is 4.65. The lowest BCUT2D eigenvalue weighted by molar-refractivity contribution is -0.136. The van der Waals surface area contributed by atoms with Crippen molar-refractivity contribution < 1.29 is 23.1 Å². The topological polar surface area (TPSA) is 37.3 Å². The zero-order chi connectivity index (χ0) is 11.6. The summed E-state index contributed by atoms with van der Waals surface area (Å²) in [6.07, 6.45) is -0.522. The molecule has 6 heteroatoms. The van der Waals surface area contributed by atoms with Crippen LogP contribution in [0.15, 0.2) is 10.5 Å². The molecule has 0 aliphatic heterocycles. The van der Waals surface area contributed by atoms with Gasteiger partial charge in [0, 0.05) is 6.42 Å². The first-order valence-electron chi connectivity index (χ1n) is 3.97. The monoisotopic (exact) mass is 282 g/mol. The van der Waals surface area contributed by atoms with Crippen LogP contribution in [0.1, 0.15) is 12.0 Å². The smallest absolute Gasteiger partial charge is 0.303 e. The van der Waals surface area contributed by atoms with Crippen molar-refractivity contribution in [1.82, 2.24) is 0 Å². The van der Waals surface area contributed by atoms with Crippen molar-refractivity contribution >= 4 is 21.9 Å². The molecule has 0 aromatic heterocycles. The number of benzene rings is 1. The minimum Gasteiger partial charge on any atom is -0.481 e. The number of halogens is 4. The number of carboxylic acid groups (broad SMARTS) is 1. The molecular weight excluding hydrogens is 277 g/mol. The highest BCUT2D eigenvalue weighted by Crippen LogP contribution is 2.25. The summed E-state index contributed by atoms with van der Waals surface area (Å²) in [4.78, 5) is 10.2. The van der Waals surface area contributed by atoms with Crippen molar-refractivity contribution in [2.45, 2.75) is 12.8 Å². The van der Waals surface area contributed by atoms with Gasteiger partial charge >= 0.3 is 5.97 Å². The summed E-state index contributed by atoms with van der Waals surface area (Å²) in [5.41, 5.74) is -0.164. The lowest BCUT2D eigenvalue weighted by atomic mass is 10.1. The van der Waals surface area contributed by atoms with Crippen LogP contribution in [0.25, 0.3) is 0 Å². The van der Waals surface area contributed by atoms with Gasteiger partial charge in [0.1, 0.15) is 5.82 Å². The fraction of sp³-hybridized carbons (Fsp3) is 0.222. The number of hydrogen-bond acceptors (Lipinski definition) is 1. The highest BCUT2D eigenvalue weighted by molar-refractivity contribution is 9.10. The van der Waals surface area contributed by atoms with Gasteiger partial charge in [0.15, 0.2) is 11.6 Å². The summed E-state index contributed by atoms with van der Waals surface area (Å²) in [7, 11) is 0. The zero-order valence-electron chi connectivity index (χ0n) is 7.36. The van der Waals surface area contributed by atoms with E-state index in [1.807, 2.05) is 0 Å². The molecule has 0 aliphatic rings. The molecule has 0 heterocycles. The van der Waals surface area contributed by atoms with Gasteiger partial charge in [0.2, 0.25) is 0 Å². The average Bonchev–Trinajstić information content (AvgIpc) is 2.18. The molecular formula is C9H6BrF3O2. The number of hydrogen-bond donors (Lipinski definition) is 1. The fourth-order valence-electron chi connectivity index (χ4n) is 1.05. The van der Waals surface area contributed by atoms with Crippen LogP contribution in [0.5, 0.6) is 0 Å². The van der Waals surface area contributed by atoms with E-state index in [9.17, 15) is 18.0 Å². The summed E-state index contributed by atoms with van der Waals surface area (Å²) in [5, 5.41) is 8.36. The van der Waals surface area contributed by atoms with Crippen LogP contribution >= 0.6 is 15.9 Å². The number of rotatable bonds is 3. The first-order valence-corrected chi connectivity index (χ1v) is 4.76. The highest BCUT2D eigenvalue weighted by atomic mass is 79.9. The maximum atomic E-state index is 13.2. The van der Waals surface area contributed by atoms with Crippen LogP contribution in [0, 0.1) is 17.5 Å². The molecule has 82 valence electrons. The first-order chi connectivity index (χ1) is 6.93. The summed E-state index contributed by atoms with van der Waals surface area (Å²) in [5.74, 6) is -4.61. The predicted octanol–water partition coefficient (Wildman–Crippen LogP) is 2.88. The van der Waals surface area contributed by atoms with Gasteiger partial charge in [-0.1, -0.05) is 0 Å². The summed E-state index contributed by atoms with van der Waals surface area (Å²) in [6.45, 7) is 0. The molecule has 0 bridgehead atoms. The van der Waals surface area contributed by atoms with Crippen molar-refractivity contribution in [3.63, 3.8) is 0 Å². The Hall–Kier alpha value is -1.04. The van der Waals surface area contributed by atoms with E-state index in [4.69, 9.17) is 5.11 Å². The van der Waals surface area contributed by atoms with Gasteiger partial charge in [0.25, 0.3) is 0 Å². The first kappa shape index (κ1) is 12.0. The number of carbonyl (C=O) groups is 1. The highest BCUT2D eigenvalue weighted by Gasteiger charge is 2.16.